The van der Waals surface area contributed by atoms with Crippen LogP contribution in [0.15, 0.2) is 41.2 Å². The molecule has 0 unspecified atom stereocenters. The van der Waals surface area contributed by atoms with Gasteiger partial charge in [0.15, 0.2) is 0 Å². The third kappa shape index (κ3) is 4.29. The number of nitrogens with zero attached hydrogens (tertiary/aromatic N) is 3. The van der Waals surface area contributed by atoms with Gasteiger partial charge >= 0.3 is 0 Å². The summed E-state index contributed by atoms with van der Waals surface area (Å²) in [7, 11) is 1.75. The minimum atomic E-state index is -0.164. The fourth-order valence-electron chi connectivity index (χ4n) is 4.95. The first-order valence-electron chi connectivity index (χ1n) is 10.6. The smallest absolute Gasteiger partial charge is 0.268 e. The Morgan fingerprint density at radius 1 is 1.24 bits per heavy atom. The highest BCUT2D eigenvalue weighted by atomic mass is 16.5. The van der Waals surface area contributed by atoms with Crippen molar-refractivity contribution >= 4 is 0 Å². The van der Waals surface area contributed by atoms with Gasteiger partial charge in [-0.1, -0.05) is 43.2 Å². The number of hydrogen-bond donors (Lipinski definition) is 0. The lowest BCUT2D eigenvalue weighted by Gasteiger charge is -2.32. The van der Waals surface area contributed by atoms with Gasteiger partial charge in [-0.3, -0.25) is 9.69 Å². The van der Waals surface area contributed by atoms with Crippen LogP contribution >= 0.6 is 0 Å². The highest BCUT2D eigenvalue weighted by molar-refractivity contribution is 5.35. The Kier molecular flexibility index (Phi) is 6.13. The van der Waals surface area contributed by atoms with Crippen LogP contribution < -0.4 is 5.56 Å². The fraction of sp³-hybridized carbons (Fsp3) is 0.500. The van der Waals surface area contributed by atoms with E-state index in [4.69, 9.17) is 4.74 Å². The molecule has 4 rings (SSSR count). The maximum Gasteiger partial charge on any atom is 0.268 e. The van der Waals surface area contributed by atoms with Crippen LogP contribution in [0.5, 0.6) is 0 Å². The van der Waals surface area contributed by atoms with Crippen LogP contribution in [0.4, 0.5) is 0 Å². The van der Waals surface area contributed by atoms with E-state index >= 15 is 0 Å². The number of rotatable bonds is 6. The number of pyridine rings is 1. The first-order chi connectivity index (χ1) is 14.2. The van der Waals surface area contributed by atoms with Gasteiger partial charge in [0.1, 0.15) is 11.6 Å². The molecular formula is C24H29N3O2. The second-order valence-electron chi connectivity index (χ2n) is 8.32. The SMILES string of the molecule is CO[C@@H](Cn1c2c(cc(C#N)c1=O)CN(Cc1ccccc1)CC2)C1CCCC1. The second-order valence-corrected chi connectivity index (χ2v) is 8.32. The summed E-state index contributed by atoms with van der Waals surface area (Å²) >= 11 is 0. The zero-order valence-corrected chi connectivity index (χ0v) is 17.1. The van der Waals surface area contributed by atoms with Crippen molar-refractivity contribution in [3.8, 4) is 6.07 Å². The van der Waals surface area contributed by atoms with Gasteiger partial charge in [-0.2, -0.15) is 5.26 Å². The van der Waals surface area contributed by atoms with Crippen molar-refractivity contribution in [3.05, 3.63) is 69.1 Å². The number of methoxy groups -OCH3 is 1. The van der Waals surface area contributed by atoms with E-state index in [0.717, 1.165) is 50.2 Å². The molecule has 2 heterocycles. The fourth-order valence-corrected chi connectivity index (χ4v) is 4.95. The van der Waals surface area contributed by atoms with Gasteiger partial charge in [-0.05, 0) is 36.0 Å². The number of benzene rings is 1. The monoisotopic (exact) mass is 391 g/mol. The minimum Gasteiger partial charge on any atom is -0.379 e. The van der Waals surface area contributed by atoms with E-state index in [0.29, 0.717) is 12.5 Å². The molecule has 29 heavy (non-hydrogen) atoms. The van der Waals surface area contributed by atoms with Gasteiger partial charge in [0.25, 0.3) is 5.56 Å². The van der Waals surface area contributed by atoms with Crippen molar-refractivity contribution in [2.75, 3.05) is 13.7 Å². The molecule has 0 saturated heterocycles. The van der Waals surface area contributed by atoms with Crippen molar-refractivity contribution < 1.29 is 4.74 Å². The number of fused-ring (bicyclic) bond motifs is 1. The predicted octanol–water partition coefficient (Wildman–Crippen LogP) is 3.48. The summed E-state index contributed by atoms with van der Waals surface area (Å²) in [5, 5.41) is 9.54. The molecule has 5 nitrogen and oxygen atoms in total. The maximum absolute atomic E-state index is 13.0. The Balaban J connectivity index is 1.61. The van der Waals surface area contributed by atoms with E-state index in [9.17, 15) is 10.1 Å². The van der Waals surface area contributed by atoms with E-state index in [1.807, 2.05) is 16.7 Å². The first-order valence-corrected chi connectivity index (χ1v) is 10.6. The molecule has 1 fully saturated rings. The molecule has 1 aliphatic carbocycles. The highest BCUT2D eigenvalue weighted by Gasteiger charge is 2.28. The van der Waals surface area contributed by atoms with Crippen LogP contribution in [-0.2, 0) is 30.8 Å². The molecular weight excluding hydrogens is 362 g/mol. The zero-order chi connectivity index (χ0) is 20.2. The minimum absolute atomic E-state index is 0.0376. The molecule has 2 aromatic rings. The summed E-state index contributed by atoms with van der Waals surface area (Å²) in [4.78, 5) is 15.4. The summed E-state index contributed by atoms with van der Waals surface area (Å²) in [5.74, 6) is 0.506. The summed E-state index contributed by atoms with van der Waals surface area (Å²) in [5.41, 5.74) is 3.54. The van der Waals surface area contributed by atoms with Crippen LogP contribution in [-0.4, -0.2) is 29.2 Å². The summed E-state index contributed by atoms with van der Waals surface area (Å²) < 4.78 is 7.65. The lowest BCUT2D eigenvalue weighted by Crippen LogP contribution is -2.39. The second kappa shape index (κ2) is 8.94. The molecule has 1 atom stereocenters. The van der Waals surface area contributed by atoms with Crippen molar-refractivity contribution in [2.24, 2.45) is 5.92 Å². The molecule has 1 aliphatic heterocycles. The van der Waals surface area contributed by atoms with Gasteiger partial charge in [0.2, 0.25) is 0 Å². The first kappa shape index (κ1) is 19.9. The Bertz CT molecular complexity index is 939. The van der Waals surface area contributed by atoms with Crippen molar-refractivity contribution in [3.63, 3.8) is 0 Å². The van der Waals surface area contributed by atoms with E-state index in [1.165, 1.54) is 18.4 Å². The maximum atomic E-state index is 13.0. The van der Waals surface area contributed by atoms with E-state index in [-0.39, 0.29) is 17.2 Å². The number of ether oxygens (including phenoxy) is 1. The molecule has 1 aromatic carbocycles. The molecule has 1 aromatic heterocycles. The average Bonchev–Trinajstić information content (AvgIpc) is 3.28. The largest absolute Gasteiger partial charge is 0.379 e. The van der Waals surface area contributed by atoms with Crippen molar-refractivity contribution in [2.45, 2.75) is 57.8 Å². The lowest BCUT2D eigenvalue weighted by molar-refractivity contribution is 0.0389. The van der Waals surface area contributed by atoms with Crippen molar-refractivity contribution in [1.29, 1.82) is 5.26 Å². The average molecular weight is 392 g/mol. The van der Waals surface area contributed by atoms with E-state index in [2.05, 4.69) is 35.2 Å². The molecule has 0 spiro atoms. The van der Waals surface area contributed by atoms with Crippen LogP contribution in [0.3, 0.4) is 0 Å². The standard InChI is InChI=1S/C24H29N3O2/c1-29-23(19-9-5-6-10-19)17-27-22-11-12-26(15-18-7-3-2-4-8-18)16-21(22)13-20(14-25)24(27)28/h2-4,7-8,13,19,23H,5-6,9-12,15-17H2,1H3/t23-/m0/s1. The Morgan fingerprint density at radius 2 is 2.00 bits per heavy atom. The summed E-state index contributed by atoms with van der Waals surface area (Å²) in [6.45, 7) is 3.11. The number of hydrogen-bond acceptors (Lipinski definition) is 4. The van der Waals surface area contributed by atoms with Crippen LogP contribution in [0.2, 0.25) is 0 Å². The molecule has 2 aliphatic rings. The molecule has 0 radical (unpaired) electrons. The Morgan fingerprint density at radius 3 is 2.69 bits per heavy atom. The van der Waals surface area contributed by atoms with Gasteiger partial charge in [-0.15, -0.1) is 0 Å². The molecule has 5 heteroatoms. The lowest BCUT2D eigenvalue weighted by atomic mass is 9.98. The topological polar surface area (TPSA) is 58.3 Å². The van der Waals surface area contributed by atoms with E-state index < -0.39 is 0 Å². The highest BCUT2D eigenvalue weighted by Crippen LogP contribution is 2.30. The quantitative estimate of drug-likeness (QED) is 0.756. The Hall–Kier alpha value is -2.42. The van der Waals surface area contributed by atoms with Gasteiger partial charge in [0.05, 0.1) is 12.6 Å². The normalized spacial score (nSPS) is 18.3. The predicted molar refractivity (Wildman–Crippen MR) is 112 cm³/mol. The number of aromatic nitrogens is 1. The van der Waals surface area contributed by atoms with Crippen LogP contribution in [0, 0.1) is 17.2 Å². The summed E-state index contributed by atoms with van der Waals surface area (Å²) in [6, 6.07) is 14.4. The van der Waals surface area contributed by atoms with Crippen LogP contribution in [0.1, 0.15) is 48.1 Å². The van der Waals surface area contributed by atoms with Crippen molar-refractivity contribution in [1.82, 2.24) is 9.47 Å². The molecule has 1 saturated carbocycles. The van der Waals surface area contributed by atoms with Crippen LogP contribution in [0.25, 0.3) is 0 Å². The van der Waals surface area contributed by atoms with E-state index in [1.54, 1.807) is 7.11 Å². The Labute approximate surface area is 172 Å². The third-order valence-corrected chi connectivity index (χ3v) is 6.51. The molecule has 0 bridgehead atoms. The van der Waals surface area contributed by atoms with Gasteiger partial charge in [0, 0.05) is 38.9 Å². The number of nitriles is 1. The summed E-state index contributed by atoms with van der Waals surface area (Å²) in [6.07, 6.45) is 5.67. The molecule has 0 amide bonds. The van der Waals surface area contributed by atoms with Gasteiger partial charge in [-0.25, -0.2) is 0 Å². The third-order valence-electron chi connectivity index (χ3n) is 6.51. The zero-order valence-electron chi connectivity index (χ0n) is 17.1. The molecule has 152 valence electrons. The molecule has 0 N–H and O–H groups in total. The van der Waals surface area contributed by atoms with Gasteiger partial charge < -0.3 is 9.30 Å².